The van der Waals surface area contributed by atoms with Crippen molar-refractivity contribution in [1.29, 1.82) is 0 Å². The molecule has 0 aromatic rings. The number of aliphatic hydroxyl groups excluding tert-OH is 1. The standard InChI is InChI=1S/C27H54O4/c1-2-3-4-5-6-7-8-9-10-11-12-13-14-15-16-17-18-19-22-26(28)25-31-24-21-20-23-27(29)30/h26,28H,2-25H2,1H3,(H,29,30). The molecule has 0 heterocycles. The number of aliphatic hydroxyl groups is 1. The maximum absolute atomic E-state index is 10.4. The molecule has 2 N–H and O–H groups in total. The van der Waals surface area contributed by atoms with Gasteiger partial charge < -0.3 is 14.9 Å². The Hall–Kier alpha value is -0.610. The molecule has 1 atom stereocenters. The van der Waals surface area contributed by atoms with Crippen molar-refractivity contribution in [3.05, 3.63) is 0 Å². The smallest absolute Gasteiger partial charge is 0.303 e. The fraction of sp³-hybridized carbons (Fsp3) is 0.963. The fourth-order valence-corrected chi connectivity index (χ4v) is 4.06. The maximum atomic E-state index is 10.4. The van der Waals surface area contributed by atoms with Crippen LogP contribution in [0.2, 0.25) is 0 Å². The number of rotatable bonds is 26. The molecule has 0 rings (SSSR count). The van der Waals surface area contributed by atoms with Crippen LogP contribution in [0.5, 0.6) is 0 Å². The predicted octanol–water partition coefficient (Wildman–Crippen LogP) is 8.05. The van der Waals surface area contributed by atoms with Crippen molar-refractivity contribution < 1.29 is 19.7 Å². The van der Waals surface area contributed by atoms with Crippen molar-refractivity contribution in [3.8, 4) is 0 Å². The fourth-order valence-electron chi connectivity index (χ4n) is 4.06. The molecule has 0 spiro atoms. The Labute approximate surface area is 193 Å². The molecule has 186 valence electrons. The average Bonchev–Trinajstić information content (AvgIpc) is 2.75. The van der Waals surface area contributed by atoms with Crippen molar-refractivity contribution in [2.75, 3.05) is 13.2 Å². The molecule has 1 unspecified atom stereocenters. The van der Waals surface area contributed by atoms with E-state index in [9.17, 15) is 9.90 Å². The first kappa shape index (κ1) is 30.4. The van der Waals surface area contributed by atoms with E-state index in [4.69, 9.17) is 9.84 Å². The van der Waals surface area contributed by atoms with Gasteiger partial charge in [-0.2, -0.15) is 0 Å². The minimum atomic E-state index is -0.755. The Kier molecular flexibility index (Phi) is 25.1. The Balaban J connectivity index is 3.12. The molecule has 0 saturated carbocycles. The minimum Gasteiger partial charge on any atom is -0.481 e. The maximum Gasteiger partial charge on any atom is 0.303 e. The molecule has 31 heavy (non-hydrogen) atoms. The van der Waals surface area contributed by atoms with Gasteiger partial charge in [-0.3, -0.25) is 4.79 Å². The summed E-state index contributed by atoms with van der Waals surface area (Å²) < 4.78 is 5.42. The Morgan fingerprint density at radius 2 is 1.06 bits per heavy atom. The van der Waals surface area contributed by atoms with Gasteiger partial charge >= 0.3 is 5.97 Å². The van der Waals surface area contributed by atoms with Crippen LogP contribution >= 0.6 is 0 Å². The summed E-state index contributed by atoms with van der Waals surface area (Å²) in [6.45, 7) is 3.21. The molecule has 0 aromatic heterocycles. The number of unbranched alkanes of at least 4 members (excludes halogenated alkanes) is 18. The zero-order valence-corrected chi connectivity index (χ0v) is 20.8. The number of carbonyl (C=O) groups is 1. The van der Waals surface area contributed by atoms with Gasteiger partial charge in [0.25, 0.3) is 0 Å². The van der Waals surface area contributed by atoms with E-state index in [1.54, 1.807) is 0 Å². The van der Waals surface area contributed by atoms with Crippen molar-refractivity contribution >= 4 is 5.97 Å². The molecule has 4 nitrogen and oxygen atoms in total. The molecule has 0 fully saturated rings. The van der Waals surface area contributed by atoms with E-state index >= 15 is 0 Å². The number of hydrogen-bond acceptors (Lipinski definition) is 3. The van der Waals surface area contributed by atoms with E-state index < -0.39 is 5.97 Å². The van der Waals surface area contributed by atoms with Crippen LogP contribution in [-0.4, -0.2) is 35.5 Å². The number of ether oxygens (including phenoxy) is 1. The van der Waals surface area contributed by atoms with Crippen molar-refractivity contribution in [1.82, 2.24) is 0 Å². The monoisotopic (exact) mass is 442 g/mol. The molecule has 0 aliphatic carbocycles. The van der Waals surface area contributed by atoms with E-state index in [-0.39, 0.29) is 12.5 Å². The number of carboxylic acids is 1. The van der Waals surface area contributed by atoms with Crippen LogP contribution in [0.1, 0.15) is 148 Å². The summed E-state index contributed by atoms with van der Waals surface area (Å²) in [6.07, 6.45) is 26.8. The first-order chi connectivity index (χ1) is 15.2. The first-order valence-electron chi connectivity index (χ1n) is 13.6. The third kappa shape index (κ3) is 27.4. The van der Waals surface area contributed by atoms with Crippen molar-refractivity contribution in [2.24, 2.45) is 0 Å². The second-order valence-corrected chi connectivity index (χ2v) is 9.38. The van der Waals surface area contributed by atoms with Crippen LogP contribution in [0, 0.1) is 0 Å². The van der Waals surface area contributed by atoms with Crippen LogP contribution in [-0.2, 0) is 9.53 Å². The SMILES string of the molecule is CCCCCCCCCCCCCCCCCCCCC(O)COCCCCC(=O)O. The minimum absolute atomic E-state index is 0.200. The average molecular weight is 443 g/mol. The highest BCUT2D eigenvalue weighted by Crippen LogP contribution is 2.15. The Morgan fingerprint density at radius 1 is 0.645 bits per heavy atom. The normalized spacial score (nSPS) is 12.3. The lowest BCUT2D eigenvalue weighted by molar-refractivity contribution is -0.137. The summed E-state index contributed by atoms with van der Waals surface area (Å²) in [5, 5.41) is 18.5. The topological polar surface area (TPSA) is 66.8 Å². The molecule has 0 amide bonds. The lowest BCUT2D eigenvalue weighted by Crippen LogP contribution is -2.15. The summed E-state index contributed by atoms with van der Waals surface area (Å²) in [4.78, 5) is 10.4. The van der Waals surface area contributed by atoms with Crippen LogP contribution in [0.25, 0.3) is 0 Å². The summed E-state index contributed by atoms with van der Waals surface area (Å²) >= 11 is 0. The molecule has 0 aliphatic heterocycles. The first-order valence-corrected chi connectivity index (χ1v) is 13.6. The summed E-state index contributed by atoms with van der Waals surface area (Å²) in [7, 11) is 0. The zero-order chi connectivity index (χ0) is 22.8. The van der Waals surface area contributed by atoms with E-state index in [0.29, 0.717) is 19.6 Å². The lowest BCUT2D eigenvalue weighted by atomic mass is 10.0. The van der Waals surface area contributed by atoms with E-state index in [1.807, 2.05) is 0 Å². The van der Waals surface area contributed by atoms with Gasteiger partial charge in [-0.25, -0.2) is 0 Å². The van der Waals surface area contributed by atoms with Gasteiger partial charge in [0.2, 0.25) is 0 Å². The van der Waals surface area contributed by atoms with Crippen molar-refractivity contribution in [3.63, 3.8) is 0 Å². The molecular formula is C27H54O4. The Morgan fingerprint density at radius 3 is 1.48 bits per heavy atom. The summed E-state index contributed by atoms with van der Waals surface area (Å²) in [6, 6.07) is 0. The molecule has 0 bridgehead atoms. The molecule has 0 saturated heterocycles. The van der Waals surface area contributed by atoms with E-state index in [1.165, 1.54) is 109 Å². The lowest BCUT2D eigenvalue weighted by Gasteiger charge is -2.11. The summed E-state index contributed by atoms with van der Waals surface area (Å²) in [5.74, 6) is -0.755. The van der Waals surface area contributed by atoms with E-state index in [0.717, 1.165) is 19.3 Å². The van der Waals surface area contributed by atoms with Gasteiger partial charge in [0.15, 0.2) is 0 Å². The number of carboxylic acid groups (broad SMARTS) is 1. The second-order valence-electron chi connectivity index (χ2n) is 9.38. The highest BCUT2D eigenvalue weighted by Gasteiger charge is 2.04. The van der Waals surface area contributed by atoms with Gasteiger partial charge in [-0.05, 0) is 19.3 Å². The molecular weight excluding hydrogens is 388 g/mol. The quantitative estimate of drug-likeness (QED) is 0.133. The molecule has 0 radical (unpaired) electrons. The largest absolute Gasteiger partial charge is 0.481 e. The summed E-state index contributed by atoms with van der Waals surface area (Å²) in [5.41, 5.74) is 0. The Bertz CT molecular complexity index is 359. The van der Waals surface area contributed by atoms with Crippen LogP contribution in [0.3, 0.4) is 0 Å². The van der Waals surface area contributed by atoms with Gasteiger partial charge in [0.1, 0.15) is 0 Å². The van der Waals surface area contributed by atoms with Gasteiger partial charge in [0, 0.05) is 13.0 Å². The third-order valence-electron chi connectivity index (χ3n) is 6.13. The molecule has 4 heteroatoms. The molecule has 0 aliphatic rings. The van der Waals surface area contributed by atoms with E-state index in [2.05, 4.69) is 6.92 Å². The third-order valence-corrected chi connectivity index (χ3v) is 6.13. The van der Waals surface area contributed by atoms with Crippen LogP contribution in [0.15, 0.2) is 0 Å². The highest BCUT2D eigenvalue weighted by atomic mass is 16.5. The molecule has 0 aromatic carbocycles. The van der Waals surface area contributed by atoms with Crippen molar-refractivity contribution in [2.45, 2.75) is 154 Å². The number of hydrogen-bond donors (Lipinski definition) is 2. The number of aliphatic carboxylic acids is 1. The predicted molar refractivity (Wildman–Crippen MR) is 132 cm³/mol. The van der Waals surface area contributed by atoms with Gasteiger partial charge in [0.05, 0.1) is 12.7 Å². The van der Waals surface area contributed by atoms with Crippen LogP contribution in [0.4, 0.5) is 0 Å². The van der Waals surface area contributed by atoms with Gasteiger partial charge in [-0.15, -0.1) is 0 Å². The highest BCUT2D eigenvalue weighted by molar-refractivity contribution is 5.66. The van der Waals surface area contributed by atoms with Crippen LogP contribution < -0.4 is 0 Å². The second kappa shape index (κ2) is 25.6. The zero-order valence-electron chi connectivity index (χ0n) is 20.8. The van der Waals surface area contributed by atoms with Gasteiger partial charge in [-0.1, -0.05) is 122 Å².